The van der Waals surface area contributed by atoms with Crippen LogP contribution >= 0.6 is 0 Å². The number of hydrogen-bond donors (Lipinski definition) is 1. The number of nitrogens with zero attached hydrogens (tertiary/aromatic N) is 1. The van der Waals surface area contributed by atoms with Gasteiger partial charge in [0.15, 0.2) is 0 Å². The maximum absolute atomic E-state index is 12.0. The Bertz CT molecular complexity index is 678. The van der Waals surface area contributed by atoms with Gasteiger partial charge in [-0.25, -0.2) is 0 Å². The van der Waals surface area contributed by atoms with Crippen molar-refractivity contribution in [3.63, 3.8) is 0 Å². The molecule has 0 aromatic heterocycles. The van der Waals surface area contributed by atoms with Gasteiger partial charge in [-0.05, 0) is 49.1 Å². The van der Waals surface area contributed by atoms with Gasteiger partial charge in [0, 0.05) is 5.69 Å². The number of carbonyl (C=O) groups excluding carboxylic acids is 1. The van der Waals surface area contributed by atoms with E-state index in [1.54, 1.807) is 13.1 Å². The standard InChI is InChI=1S/C19H22N2O2/c1-4-16-8-10-17(11-9-16)13-20-23-15(3)19(22)21-18-7-5-6-14(2)12-18/h5-13,15H,4H2,1-3H3,(H,21,22)/b20-13-/t15-/m0/s1. The SMILES string of the molecule is CCc1ccc(/C=N\O[C@@H](C)C(=O)Nc2cccc(C)c2)cc1. The molecule has 120 valence electrons. The van der Waals surface area contributed by atoms with Gasteiger partial charge in [0.05, 0.1) is 6.21 Å². The zero-order valence-corrected chi connectivity index (χ0v) is 13.7. The number of carbonyl (C=O) groups is 1. The first-order chi connectivity index (χ1) is 11.1. The molecule has 1 atom stereocenters. The molecule has 4 heteroatoms. The van der Waals surface area contributed by atoms with Crippen molar-refractivity contribution in [1.82, 2.24) is 0 Å². The van der Waals surface area contributed by atoms with E-state index >= 15 is 0 Å². The van der Waals surface area contributed by atoms with E-state index in [9.17, 15) is 4.79 Å². The summed E-state index contributed by atoms with van der Waals surface area (Å²) in [5.74, 6) is -0.228. The lowest BCUT2D eigenvalue weighted by Gasteiger charge is -2.10. The van der Waals surface area contributed by atoms with E-state index in [0.717, 1.165) is 23.2 Å². The summed E-state index contributed by atoms with van der Waals surface area (Å²) in [4.78, 5) is 17.3. The fourth-order valence-electron chi connectivity index (χ4n) is 2.04. The van der Waals surface area contributed by atoms with E-state index in [1.807, 2.05) is 43.3 Å². The van der Waals surface area contributed by atoms with Crippen molar-refractivity contribution in [2.75, 3.05) is 5.32 Å². The van der Waals surface area contributed by atoms with Crippen LogP contribution in [-0.4, -0.2) is 18.2 Å². The summed E-state index contributed by atoms with van der Waals surface area (Å²) in [6.45, 7) is 5.76. The van der Waals surface area contributed by atoms with Crippen molar-refractivity contribution in [3.05, 3.63) is 65.2 Å². The van der Waals surface area contributed by atoms with Crippen molar-refractivity contribution in [3.8, 4) is 0 Å². The predicted molar refractivity (Wildman–Crippen MR) is 93.8 cm³/mol. The van der Waals surface area contributed by atoms with E-state index in [0.29, 0.717) is 0 Å². The summed E-state index contributed by atoms with van der Waals surface area (Å²) < 4.78 is 0. The van der Waals surface area contributed by atoms with Crippen molar-refractivity contribution in [2.24, 2.45) is 5.16 Å². The van der Waals surface area contributed by atoms with Gasteiger partial charge in [-0.3, -0.25) is 4.79 Å². The van der Waals surface area contributed by atoms with E-state index in [4.69, 9.17) is 4.84 Å². The quantitative estimate of drug-likeness (QED) is 0.649. The third-order valence-corrected chi connectivity index (χ3v) is 3.46. The summed E-state index contributed by atoms with van der Waals surface area (Å²) in [5, 5.41) is 6.70. The minimum absolute atomic E-state index is 0.228. The minimum atomic E-state index is -0.665. The second kappa shape index (κ2) is 8.13. The number of hydrogen-bond acceptors (Lipinski definition) is 3. The molecular weight excluding hydrogens is 288 g/mol. The van der Waals surface area contributed by atoms with Gasteiger partial charge in [-0.2, -0.15) is 0 Å². The molecule has 4 nitrogen and oxygen atoms in total. The first kappa shape index (κ1) is 16.7. The summed E-state index contributed by atoms with van der Waals surface area (Å²) >= 11 is 0. The zero-order chi connectivity index (χ0) is 16.7. The number of oxime groups is 1. The summed E-state index contributed by atoms with van der Waals surface area (Å²) in [6.07, 6.45) is 1.95. The van der Waals surface area contributed by atoms with Crippen LogP contribution in [0.2, 0.25) is 0 Å². The average molecular weight is 310 g/mol. The third-order valence-electron chi connectivity index (χ3n) is 3.46. The highest BCUT2D eigenvalue weighted by molar-refractivity contribution is 5.94. The van der Waals surface area contributed by atoms with Gasteiger partial charge >= 0.3 is 0 Å². The van der Waals surface area contributed by atoms with Crippen molar-refractivity contribution >= 4 is 17.8 Å². The number of nitrogens with one attached hydrogen (secondary N) is 1. The average Bonchev–Trinajstić information content (AvgIpc) is 2.55. The second-order valence-electron chi connectivity index (χ2n) is 5.44. The molecule has 2 rings (SSSR count). The maximum atomic E-state index is 12.0. The van der Waals surface area contributed by atoms with Crippen LogP contribution in [0.15, 0.2) is 53.7 Å². The van der Waals surface area contributed by atoms with Crippen LogP contribution in [0.5, 0.6) is 0 Å². The van der Waals surface area contributed by atoms with Crippen molar-refractivity contribution in [2.45, 2.75) is 33.3 Å². The minimum Gasteiger partial charge on any atom is -0.383 e. The van der Waals surface area contributed by atoms with Gasteiger partial charge in [0.2, 0.25) is 6.10 Å². The topological polar surface area (TPSA) is 50.7 Å². The molecule has 1 N–H and O–H groups in total. The predicted octanol–water partition coefficient (Wildman–Crippen LogP) is 3.94. The lowest BCUT2D eigenvalue weighted by Crippen LogP contribution is -2.26. The third kappa shape index (κ3) is 5.25. The molecule has 0 fully saturated rings. The smallest absolute Gasteiger partial charge is 0.267 e. The molecular formula is C19H22N2O2. The maximum Gasteiger partial charge on any atom is 0.267 e. The first-order valence-electron chi connectivity index (χ1n) is 7.74. The molecule has 0 aliphatic heterocycles. The van der Waals surface area contributed by atoms with Crippen LogP contribution in [0, 0.1) is 6.92 Å². The molecule has 0 unspecified atom stereocenters. The molecule has 0 heterocycles. The molecule has 23 heavy (non-hydrogen) atoms. The Kier molecular flexibility index (Phi) is 5.92. The fraction of sp³-hybridized carbons (Fsp3) is 0.263. The number of rotatable bonds is 6. The molecule has 0 aliphatic carbocycles. The van der Waals surface area contributed by atoms with Gasteiger partial charge in [0.25, 0.3) is 5.91 Å². The molecule has 2 aromatic rings. The molecule has 0 saturated heterocycles. The Morgan fingerprint density at radius 3 is 2.65 bits per heavy atom. The molecule has 2 aromatic carbocycles. The normalized spacial score (nSPS) is 12.1. The van der Waals surface area contributed by atoms with E-state index in [-0.39, 0.29) is 5.91 Å². The van der Waals surface area contributed by atoms with Gasteiger partial charge in [-0.1, -0.05) is 48.5 Å². The first-order valence-corrected chi connectivity index (χ1v) is 7.74. The van der Waals surface area contributed by atoms with Gasteiger partial charge in [0.1, 0.15) is 0 Å². The highest BCUT2D eigenvalue weighted by Crippen LogP contribution is 2.10. The zero-order valence-electron chi connectivity index (χ0n) is 13.7. The molecule has 0 spiro atoms. The Morgan fingerprint density at radius 2 is 2.00 bits per heavy atom. The number of anilines is 1. The Balaban J connectivity index is 1.86. The van der Waals surface area contributed by atoms with Crippen LogP contribution in [0.1, 0.15) is 30.5 Å². The van der Waals surface area contributed by atoms with E-state index in [2.05, 4.69) is 29.5 Å². The highest BCUT2D eigenvalue weighted by Gasteiger charge is 2.14. The van der Waals surface area contributed by atoms with Gasteiger partial charge < -0.3 is 10.2 Å². The summed E-state index contributed by atoms with van der Waals surface area (Å²) in [5.41, 5.74) is 4.05. The Hall–Kier alpha value is -2.62. The fourth-order valence-corrected chi connectivity index (χ4v) is 2.04. The molecule has 0 radical (unpaired) electrons. The molecule has 0 saturated carbocycles. The number of benzene rings is 2. The van der Waals surface area contributed by atoms with Crippen LogP contribution in [0.4, 0.5) is 5.69 Å². The summed E-state index contributed by atoms with van der Waals surface area (Å²) in [7, 11) is 0. The Labute approximate surface area is 137 Å². The molecule has 1 amide bonds. The highest BCUT2D eigenvalue weighted by atomic mass is 16.6. The van der Waals surface area contributed by atoms with Crippen LogP contribution < -0.4 is 5.32 Å². The number of amides is 1. The van der Waals surface area contributed by atoms with E-state index < -0.39 is 6.10 Å². The second-order valence-corrected chi connectivity index (χ2v) is 5.44. The Morgan fingerprint density at radius 1 is 1.26 bits per heavy atom. The molecule has 0 aliphatic rings. The van der Waals surface area contributed by atoms with Crippen molar-refractivity contribution < 1.29 is 9.63 Å². The van der Waals surface area contributed by atoms with Crippen LogP contribution in [0.3, 0.4) is 0 Å². The lowest BCUT2D eigenvalue weighted by molar-refractivity contribution is -0.126. The van der Waals surface area contributed by atoms with Crippen LogP contribution in [-0.2, 0) is 16.1 Å². The molecule has 0 bridgehead atoms. The monoisotopic (exact) mass is 310 g/mol. The lowest BCUT2D eigenvalue weighted by atomic mass is 10.1. The number of aryl methyl sites for hydroxylation is 2. The summed E-state index contributed by atoms with van der Waals surface area (Å²) in [6, 6.07) is 15.7. The van der Waals surface area contributed by atoms with Crippen molar-refractivity contribution in [1.29, 1.82) is 0 Å². The van der Waals surface area contributed by atoms with E-state index in [1.165, 1.54) is 5.56 Å². The largest absolute Gasteiger partial charge is 0.383 e. The van der Waals surface area contributed by atoms with Crippen LogP contribution in [0.25, 0.3) is 0 Å². The van der Waals surface area contributed by atoms with Gasteiger partial charge in [-0.15, -0.1) is 0 Å².